The predicted octanol–water partition coefficient (Wildman–Crippen LogP) is 5.31. The highest BCUT2D eigenvalue weighted by atomic mass is 19.1. The summed E-state index contributed by atoms with van der Waals surface area (Å²) in [5, 5.41) is 0. The summed E-state index contributed by atoms with van der Waals surface area (Å²) < 4.78 is 20.4. The molecule has 208 valence electrons. The van der Waals surface area contributed by atoms with E-state index in [-0.39, 0.29) is 55.7 Å². The zero-order chi connectivity index (χ0) is 27.5. The number of hydrogen-bond acceptors (Lipinski definition) is 4. The number of esters is 1. The molecule has 8 heteroatoms. The van der Waals surface area contributed by atoms with Gasteiger partial charge in [-0.3, -0.25) is 14.4 Å². The number of ether oxygens (including phenoxy) is 1. The van der Waals surface area contributed by atoms with E-state index in [1.807, 2.05) is 37.1 Å². The van der Waals surface area contributed by atoms with Gasteiger partial charge in [-0.15, -0.1) is 0 Å². The Hall–Kier alpha value is -3.16. The molecule has 1 saturated carbocycles. The van der Waals surface area contributed by atoms with E-state index in [9.17, 15) is 18.8 Å². The average Bonchev–Trinajstić information content (AvgIpc) is 3.36. The van der Waals surface area contributed by atoms with Gasteiger partial charge in [0.1, 0.15) is 12.4 Å². The summed E-state index contributed by atoms with van der Waals surface area (Å²) in [5.74, 6) is -0.944. The maximum Gasteiger partial charge on any atom is 0.306 e. The van der Waals surface area contributed by atoms with Crippen LogP contribution in [0.2, 0.25) is 0 Å². The van der Waals surface area contributed by atoms with Gasteiger partial charge in [-0.1, -0.05) is 38.3 Å². The first-order chi connectivity index (χ1) is 18.3. The second kappa shape index (κ2) is 14.7. The molecule has 1 unspecified atom stereocenters. The van der Waals surface area contributed by atoms with Gasteiger partial charge in [0.15, 0.2) is 0 Å². The predicted molar refractivity (Wildman–Crippen MR) is 145 cm³/mol. The second-order valence-electron chi connectivity index (χ2n) is 10.2. The molecule has 0 radical (unpaired) electrons. The van der Waals surface area contributed by atoms with Crippen molar-refractivity contribution in [3.8, 4) is 0 Å². The van der Waals surface area contributed by atoms with Crippen LogP contribution in [0.3, 0.4) is 0 Å². The fraction of sp³-hybridized carbons (Fsp3) is 0.567. The third kappa shape index (κ3) is 8.43. The highest BCUT2D eigenvalue weighted by Crippen LogP contribution is 2.25. The molecule has 7 nitrogen and oxygen atoms in total. The number of halogens is 1. The Morgan fingerprint density at radius 1 is 1.03 bits per heavy atom. The lowest BCUT2D eigenvalue weighted by atomic mass is 9.94. The van der Waals surface area contributed by atoms with E-state index in [2.05, 4.69) is 4.57 Å². The fourth-order valence-electron chi connectivity index (χ4n) is 5.05. The maximum absolute atomic E-state index is 13.8. The highest BCUT2D eigenvalue weighted by Gasteiger charge is 2.30. The van der Waals surface area contributed by atoms with Crippen LogP contribution in [0, 0.1) is 5.82 Å². The number of carbonyl (C=O) groups is 3. The number of carbonyl (C=O) groups excluding carboxylic acids is 3. The van der Waals surface area contributed by atoms with Crippen molar-refractivity contribution in [2.45, 2.75) is 97.3 Å². The van der Waals surface area contributed by atoms with E-state index in [0.29, 0.717) is 19.5 Å². The number of hydrogen-bond donors (Lipinski definition) is 0. The molecule has 0 aliphatic heterocycles. The van der Waals surface area contributed by atoms with E-state index in [1.165, 1.54) is 18.6 Å². The Labute approximate surface area is 225 Å². The molecule has 2 aromatic rings. The van der Waals surface area contributed by atoms with Crippen molar-refractivity contribution in [3.05, 3.63) is 59.7 Å². The molecule has 1 aromatic heterocycles. The Kier molecular flexibility index (Phi) is 11.4. The van der Waals surface area contributed by atoms with Crippen LogP contribution in [0.1, 0.15) is 83.4 Å². The van der Waals surface area contributed by atoms with Crippen LogP contribution in [0.25, 0.3) is 0 Å². The molecule has 1 fully saturated rings. The van der Waals surface area contributed by atoms with Crippen LogP contribution < -0.4 is 0 Å². The third-order valence-electron chi connectivity index (χ3n) is 7.46. The topological polar surface area (TPSA) is 71.8 Å². The summed E-state index contributed by atoms with van der Waals surface area (Å²) in [6.45, 7) is 6.96. The van der Waals surface area contributed by atoms with Gasteiger partial charge >= 0.3 is 5.97 Å². The van der Waals surface area contributed by atoms with Gasteiger partial charge in [0, 0.05) is 36.9 Å². The normalized spacial score (nSPS) is 14.6. The lowest BCUT2D eigenvalue weighted by molar-refractivity contribution is -0.148. The number of rotatable bonds is 13. The molecule has 0 N–H and O–H groups in total. The fourth-order valence-corrected chi connectivity index (χ4v) is 5.05. The van der Waals surface area contributed by atoms with E-state index < -0.39 is 5.97 Å². The summed E-state index contributed by atoms with van der Waals surface area (Å²) in [7, 11) is 0. The summed E-state index contributed by atoms with van der Waals surface area (Å²) in [6.07, 6.45) is 7.96. The van der Waals surface area contributed by atoms with Crippen molar-refractivity contribution in [1.29, 1.82) is 0 Å². The molecule has 0 spiro atoms. The van der Waals surface area contributed by atoms with Crippen molar-refractivity contribution < 1.29 is 23.5 Å². The van der Waals surface area contributed by atoms with Crippen molar-refractivity contribution >= 4 is 17.8 Å². The third-order valence-corrected chi connectivity index (χ3v) is 7.46. The highest BCUT2D eigenvalue weighted by molar-refractivity contribution is 5.87. The molecule has 1 aliphatic rings. The average molecular weight is 528 g/mol. The maximum atomic E-state index is 13.8. The molecule has 2 amide bonds. The number of benzene rings is 1. The lowest BCUT2D eigenvalue weighted by Crippen LogP contribution is -2.49. The summed E-state index contributed by atoms with van der Waals surface area (Å²) in [6, 6.07) is 10.4. The van der Waals surface area contributed by atoms with Gasteiger partial charge in [-0.2, -0.15) is 0 Å². The summed E-state index contributed by atoms with van der Waals surface area (Å²) in [5.41, 5.74) is 1.98. The molecular weight excluding hydrogens is 485 g/mol. The monoisotopic (exact) mass is 527 g/mol. The van der Waals surface area contributed by atoms with Crippen LogP contribution in [-0.4, -0.2) is 57.4 Å². The van der Waals surface area contributed by atoms with Crippen LogP contribution in [-0.2, 0) is 32.2 Å². The SMILES string of the molecule is CCOC(=O)CCC(=O)N(CC(=O)N(Cc1cccn1Cc1ccc(F)cc1)C1CCCCC1)C(C)CC. The van der Waals surface area contributed by atoms with Gasteiger partial charge in [0.2, 0.25) is 11.8 Å². The van der Waals surface area contributed by atoms with Gasteiger partial charge < -0.3 is 19.1 Å². The number of amides is 2. The molecule has 0 bridgehead atoms. The minimum atomic E-state index is -0.401. The van der Waals surface area contributed by atoms with Gasteiger partial charge in [-0.25, -0.2) is 4.39 Å². The van der Waals surface area contributed by atoms with Crippen molar-refractivity contribution in [2.75, 3.05) is 13.2 Å². The zero-order valence-corrected chi connectivity index (χ0v) is 23.0. The minimum Gasteiger partial charge on any atom is -0.466 e. The van der Waals surface area contributed by atoms with E-state index in [1.54, 1.807) is 24.0 Å². The first-order valence-corrected chi connectivity index (χ1v) is 13.9. The minimum absolute atomic E-state index is 0.00810. The second-order valence-corrected chi connectivity index (χ2v) is 10.2. The van der Waals surface area contributed by atoms with Crippen LogP contribution in [0.4, 0.5) is 4.39 Å². The van der Waals surface area contributed by atoms with E-state index >= 15 is 0 Å². The van der Waals surface area contributed by atoms with Crippen LogP contribution in [0.5, 0.6) is 0 Å². The molecule has 1 heterocycles. The first kappa shape index (κ1) is 29.4. The van der Waals surface area contributed by atoms with Gasteiger partial charge in [0.05, 0.1) is 19.6 Å². The number of aromatic nitrogens is 1. The smallest absolute Gasteiger partial charge is 0.306 e. The molecule has 1 aromatic carbocycles. The Morgan fingerprint density at radius 3 is 2.39 bits per heavy atom. The van der Waals surface area contributed by atoms with E-state index in [0.717, 1.165) is 36.9 Å². The van der Waals surface area contributed by atoms with Crippen LogP contribution in [0.15, 0.2) is 42.6 Å². The van der Waals surface area contributed by atoms with Crippen LogP contribution >= 0.6 is 0 Å². The Morgan fingerprint density at radius 2 is 1.74 bits per heavy atom. The van der Waals surface area contributed by atoms with Gasteiger partial charge in [-0.05, 0) is 62.9 Å². The molecule has 38 heavy (non-hydrogen) atoms. The molecule has 1 aliphatic carbocycles. The number of nitrogens with zero attached hydrogens (tertiary/aromatic N) is 3. The van der Waals surface area contributed by atoms with Crippen molar-refractivity contribution in [3.63, 3.8) is 0 Å². The summed E-state index contributed by atoms with van der Waals surface area (Å²) in [4.78, 5) is 42.3. The quantitative estimate of drug-likeness (QED) is 0.331. The zero-order valence-electron chi connectivity index (χ0n) is 23.0. The largest absolute Gasteiger partial charge is 0.466 e. The molecule has 3 rings (SSSR count). The standard InChI is InChI=1S/C30H42FN3O4/c1-4-23(3)33(28(35)17-18-30(37)38-5-2)22-29(36)34(26-10-7-6-8-11-26)21-27-12-9-19-32(27)20-24-13-15-25(31)16-14-24/h9,12-16,19,23,26H,4-8,10-11,17-18,20-22H2,1-3H3. The Bertz CT molecular complexity index is 1050. The van der Waals surface area contributed by atoms with Crippen molar-refractivity contribution in [1.82, 2.24) is 14.4 Å². The lowest BCUT2D eigenvalue weighted by Gasteiger charge is -2.37. The van der Waals surface area contributed by atoms with E-state index in [4.69, 9.17) is 4.74 Å². The Balaban J connectivity index is 1.76. The summed E-state index contributed by atoms with van der Waals surface area (Å²) >= 11 is 0. The molecule has 1 atom stereocenters. The van der Waals surface area contributed by atoms with Crippen molar-refractivity contribution in [2.24, 2.45) is 0 Å². The van der Waals surface area contributed by atoms with Gasteiger partial charge in [0.25, 0.3) is 0 Å². The first-order valence-electron chi connectivity index (χ1n) is 13.9. The molecular formula is C30H42FN3O4. The molecule has 0 saturated heterocycles.